The summed E-state index contributed by atoms with van der Waals surface area (Å²) in [6, 6.07) is 0. The van der Waals surface area contributed by atoms with Crippen LogP contribution < -0.4 is 0 Å². The van der Waals surface area contributed by atoms with Crippen molar-refractivity contribution in [2.45, 2.75) is 52.6 Å². The van der Waals surface area contributed by atoms with Crippen LogP contribution in [0.25, 0.3) is 0 Å². The average Bonchev–Trinajstić information content (AvgIpc) is 2.81. The van der Waals surface area contributed by atoms with Crippen molar-refractivity contribution in [2.24, 2.45) is 5.92 Å². The van der Waals surface area contributed by atoms with Gasteiger partial charge in [0.2, 0.25) is 5.91 Å². The quantitative estimate of drug-likeness (QED) is 0.791. The van der Waals surface area contributed by atoms with Gasteiger partial charge in [0.25, 0.3) is 0 Å². The molecule has 2 saturated heterocycles. The maximum atomic E-state index is 12.1. The number of carbonyl (C=O) groups excluding carboxylic acids is 2. The van der Waals surface area contributed by atoms with Crippen molar-refractivity contribution >= 4 is 12.0 Å². The minimum Gasteiger partial charge on any atom is -0.444 e. The SMILES string of the molecule is CC(=O)N1CCCN(CC[C@@H]2CCN(C(=O)OC(C)(C)C)C2)CC1. The molecule has 0 saturated carbocycles. The molecule has 0 radical (unpaired) electrons. The van der Waals surface area contributed by atoms with Crippen LogP contribution in [-0.4, -0.2) is 78.1 Å². The normalized spacial score (nSPS) is 23.2. The molecule has 6 heteroatoms. The molecule has 2 rings (SSSR count). The van der Waals surface area contributed by atoms with E-state index in [9.17, 15) is 9.59 Å². The zero-order valence-electron chi connectivity index (χ0n) is 15.7. The number of nitrogens with zero attached hydrogens (tertiary/aromatic N) is 3. The van der Waals surface area contributed by atoms with Crippen molar-refractivity contribution in [1.82, 2.24) is 14.7 Å². The fourth-order valence-electron chi connectivity index (χ4n) is 3.44. The largest absolute Gasteiger partial charge is 0.444 e. The minimum atomic E-state index is -0.427. The van der Waals surface area contributed by atoms with Crippen LogP contribution in [0.4, 0.5) is 4.79 Å². The Hall–Kier alpha value is -1.30. The molecule has 0 aromatic heterocycles. The van der Waals surface area contributed by atoms with Gasteiger partial charge in [-0.15, -0.1) is 0 Å². The molecule has 24 heavy (non-hydrogen) atoms. The zero-order chi connectivity index (χ0) is 17.7. The van der Waals surface area contributed by atoms with Crippen LogP contribution in [0.15, 0.2) is 0 Å². The van der Waals surface area contributed by atoms with Gasteiger partial charge in [-0.2, -0.15) is 0 Å². The Bertz CT molecular complexity index is 447. The molecular formula is C18H33N3O3. The third kappa shape index (κ3) is 5.96. The molecule has 138 valence electrons. The van der Waals surface area contributed by atoms with Crippen LogP contribution in [0.1, 0.15) is 47.0 Å². The predicted octanol–water partition coefficient (Wildman–Crippen LogP) is 2.19. The number of hydrogen-bond acceptors (Lipinski definition) is 4. The first kappa shape index (κ1) is 19.0. The first-order chi connectivity index (χ1) is 11.2. The van der Waals surface area contributed by atoms with Crippen molar-refractivity contribution in [3.63, 3.8) is 0 Å². The summed E-state index contributed by atoms with van der Waals surface area (Å²) < 4.78 is 5.45. The van der Waals surface area contributed by atoms with Crippen molar-refractivity contribution < 1.29 is 14.3 Å². The first-order valence-electron chi connectivity index (χ1n) is 9.20. The molecule has 0 spiro atoms. The van der Waals surface area contributed by atoms with Crippen LogP contribution in [-0.2, 0) is 9.53 Å². The maximum Gasteiger partial charge on any atom is 0.410 e. The number of carbonyl (C=O) groups is 2. The second-order valence-electron chi connectivity index (χ2n) is 8.07. The van der Waals surface area contributed by atoms with Gasteiger partial charge in [0, 0.05) is 39.6 Å². The second kappa shape index (κ2) is 8.19. The number of amides is 2. The molecule has 0 aromatic carbocycles. The standard InChI is InChI=1S/C18H33N3O3/c1-15(22)20-9-5-8-19(12-13-20)10-6-16-7-11-21(14-16)17(23)24-18(2,3)4/h16H,5-14H2,1-4H3/t16-/m1/s1. The van der Waals surface area contributed by atoms with Gasteiger partial charge in [-0.25, -0.2) is 4.79 Å². The highest BCUT2D eigenvalue weighted by Gasteiger charge is 2.30. The van der Waals surface area contributed by atoms with E-state index >= 15 is 0 Å². The summed E-state index contributed by atoms with van der Waals surface area (Å²) in [5.74, 6) is 0.741. The molecule has 0 N–H and O–H groups in total. The van der Waals surface area contributed by atoms with Crippen LogP contribution >= 0.6 is 0 Å². The maximum absolute atomic E-state index is 12.1. The van der Waals surface area contributed by atoms with E-state index in [0.29, 0.717) is 5.92 Å². The van der Waals surface area contributed by atoms with Crippen LogP contribution in [0.5, 0.6) is 0 Å². The summed E-state index contributed by atoms with van der Waals surface area (Å²) in [7, 11) is 0. The molecule has 6 nitrogen and oxygen atoms in total. The molecular weight excluding hydrogens is 306 g/mol. The fourth-order valence-corrected chi connectivity index (χ4v) is 3.44. The van der Waals surface area contributed by atoms with Gasteiger partial charge in [-0.1, -0.05) is 0 Å². The van der Waals surface area contributed by atoms with E-state index in [1.165, 1.54) is 0 Å². The molecule has 1 atom stereocenters. The summed E-state index contributed by atoms with van der Waals surface area (Å²) in [6.07, 6.45) is 3.04. The van der Waals surface area contributed by atoms with E-state index in [4.69, 9.17) is 4.74 Å². The molecule has 2 fully saturated rings. The molecule has 2 aliphatic heterocycles. The highest BCUT2D eigenvalue weighted by Crippen LogP contribution is 2.22. The lowest BCUT2D eigenvalue weighted by atomic mass is 10.0. The van der Waals surface area contributed by atoms with Crippen molar-refractivity contribution in [3.05, 3.63) is 0 Å². The average molecular weight is 339 g/mol. The lowest BCUT2D eigenvalue weighted by molar-refractivity contribution is -0.128. The summed E-state index contributed by atoms with van der Waals surface area (Å²) >= 11 is 0. The van der Waals surface area contributed by atoms with E-state index in [1.807, 2.05) is 30.6 Å². The van der Waals surface area contributed by atoms with E-state index in [-0.39, 0.29) is 12.0 Å². The van der Waals surface area contributed by atoms with Crippen LogP contribution in [0, 0.1) is 5.92 Å². The second-order valence-corrected chi connectivity index (χ2v) is 8.07. The molecule has 2 aliphatic rings. The molecule has 0 aromatic rings. The lowest BCUT2D eigenvalue weighted by Gasteiger charge is -2.25. The topological polar surface area (TPSA) is 53.1 Å². The number of likely N-dealkylation sites (tertiary alicyclic amines) is 1. The molecule has 2 amide bonds. The third-order valence-corrected chi connectivity index (χ3v) is 4.82. The van der Waals surface area contributed by atoms with E-state index in [1.54, 1.807) is 6.92 Å². The number of rotatable bonds is 3. The smallest absolute Gasteiger partial charge is 0.410 e. The van der Waals surface area contributed by atoms with Crippen LogP contribution in [0.2, 0.25) is 0 Å². The highest BCUT2D eigenvalue weighted by molar-refractivity contribution is 5.73. The van der Waals surface area contributed by atoms with E-state index < -0.39 is 5.60 Å². The van der Waals surface area contributed by atoms with Gasteiger partial charge in [-0.3, -0.25) is 4.79 Å². The van der Waals surface area contributed by atoms with E-state index in [0.717, 1.165) is 65.1 Å². The van der Waals surface area contributed by atoms with Crippen molar-refractivity contribution in [1.29, 1.82) is 0 Å². The number of hydrogen-bond donors (Lipinski definition) is 0. The summed E-state index contributed by atoms with van der Waals surface area (Å²) in [6.45, 7) is 13.8. The van der Waals surface area contributed by atoms with Gasteiger partial charge < -0.3 is 19.4 Å². The van der Waals surface area contributed by atoms with Gasteiger partial charge in [0.15, 0.2) is 0 Å². The fraction of sp³-hybridized carbons (Fsp3) is 0.889. The van der Waals surface area contributed by atoms with Crippen molar-refractivity contribution in [2.75, 3.05) is 45.8 Å². The minimum absolute atomic E-state index is 0.181. The molecule has 0 aliphatic carbocycles. The summed E-state index contributed by atoms with van der Waals surface area (Å²) in [5, 5.41) is 0. The summed E-state index contributed by atoms with van der Waals surface area (Å²) in [4.78, 5) is 29.8. The molecule has 2 heterocycles. The Morgan fingerprint density at radius 2 is 1.79 bits per heavy atom. The zero-order valence-corrected chi connectivity index (χ0v) is 15.7. The van der Waals surface area contributed by atoms with Gasteiger partial charge in [0.05, 0.1) is 0 Å². The Morgan fingerprint density at radius 1 is 1.04 bits per heavy atom. The van der Waals surface area contributed by atoms with Crippen LogP contribution in [0.3, 0.4) is 0 Å². The number of ether oxygens (including phenoxy) is 1. The van der Waals surface area contributed by atoms with Gasteiger partial charge in [-0.05, 0) is 59.0 Å². The Morgan fingerprint density at radius 3 is 2.46 bits per heavy atom. The molecule has 0 bridgehead atoms. The Labute approximate surface area is 146 Å². The monoisotopic (exact) mass is 339 g/mol. The Kier molecular flexibility index (Phi) is 6.49. The van der Waals surface area contributed by atoms with E-state index in [2.05, 4.69) is 4.90 Å². The predicted molar refractivity (Wildman–Crippen MR) is 93.8 cm³/mol. The molecule has 0 unspecified atom stereocenters. The van der Waals surface area contributed by atoms with Gasteiger partial charge >= 0.3 is 6.09 Å². The third-order valence-electron chi connectivity index (χ3n) is 4.82. The van der Waals surface area contributed by atoms with Gasteiger partial charge in [0.1, 0.15) is 5.60 Å². The first-order valence-corrected chi connectivity index (χ1v) is 9.20. The highest BCUT2D eigenvalue weighted by atomic mass is 16.6. The lowest BCUT2D eigenvalue weighted by Crippen LogP contribution is -2.36. The van der Waals surface area contributed by atoms with Crippen molar-refractivity contribution in [3.8, 4) is 0 Å². The summed E-state index contributed by atoms with van der Waals surface area (Å²) in [5.41, 5.74) is -0.427. The Balaban J connectivity index is 1.70.